The van der Waals surface area contributed by atoms with Crippen molar-refractivity contribution in [3.63, 3.8) is 0 Å². The molecule has 0 unspecified atom stereocenters. The quantitative estimate of drug-likeness (QED) is 0.125. The Morgan fingerprint density at radius 1 is 0.317 bits per heavy atom. The third-order valence-corrected chi connectivity index (χ3v) is 11.7. The van der Waals surface area contributed by atoms with Crippen LogP contribution in [0.25, 0.3) is 110 Å². The third-order valence-electron chi connectivity index (χ3n) is 11.7. The summed E-state index contributed by atoms with van der Waals surface area (Å²) < 4.78 is 0. The second-order valence-corrected chi connectivity index (χ2v) is 15.2. The Morgan fingerprint density at radius 3 is 1.73 bits per heavy atom. The van der Waals surface area contributed by atoms with Gasteiger partial charge in [-0.25, -0.2) is 9.97 Å². The minimum atomic E-state index is 0.637. The molecule has 0 N–H and O–H groups in total. The third kappa shape index (κ3) is 6.07. The van der Waals surface area contributed by atoms with Crippen LogP contribution in [0.2, 0.25) is 0 Å². The van der Waals surface area contributed by atoms with E-state index in [0.29, 0.717) is 11.4 Å². The zero-order chi connectivity index (χ0) is 40.0. The predicted octanol–water partition coefficient (Wildman–Crippen LogP) is 15.0. The van der Waals surface area contributed by atoms with Crippen molar-refractivity contribution in [2.24, 2.45) is 0 Å². The van der Waals surface area contributed by atoms with E-state index >= 15 is 0 Å². The first-order valence-corrected chi connectivity index (χ1v) is 20.2. The lowest BCUT2D eigenvalue weighted by atomic mass is 9.87. The first-order chi connectivity index (χ1) is 29.7. The van der Waals surface area contributed by atoms with Gasteiger partial charge in [0.05, 0.1) is 23.0 Å². The van der Waals surface area contributed by atoms with Gasteiger partial charge in [0.1, 0.15) is 0 Å². The molecule has 0 aliphatic carbocycles. The Hall–Kier alpha value is -8.19. The smallest absolute Gasteiger partial charge is 0.161 e. The topological polar surface area (TPSA) is 49.6 Å². The van der Waals surface area contributed by atoms with Crippen LogP contribution in [-0.2, 0) is 0 Å². The summed E-state index contributed by atoms with van der Waals surface area (Å²) in [4.78, 5) is 10.8. The van der Waals surface area contributed by atoms with E-state index < -0.39 is 0 Å². The fraction of sp³-hybridized carbons (Fsp3) is 0. The summed E-state index contributed by atoms with van der Waals surface area (Å²) in [6, 6.07) is 77.0. The van der Waals surface area contributed by atoms with Crippen molar-refractivity contribution in [3.8, 4) is 73.4 Å². The highest BCUT2D eigenvalue weighted by atomic mass is 14.9. The Labute approximate surface area is 348 Å². The number of benzene rings is 10. The summed E-state index contributed by atoms with van der Waals surface area (Å²) in [5.41, 5.74) is 12.0. The molecule has 0 radical (unpaired) electrons. The molecule has 60 heavy (non-hydrogen) atoms. The van der Waals surface area contributed by atoms with Crippen LogP contribution in [0.4, 0.5) is 0 Å². The standard InChI is InChI=1S/C57H35N3/c58-36-37-25-27-38(28-26-37)41-17-12-18-43(33-41)54-35-55(49-24-11-8-19-44(49)39-13-2-1-3-14-39)60-57(59-54)52-32-31-50(47-22-9-10-23-48(47)52)56-46-21-7-5-16-42(46)34-53-45-20-6-4-15-40(45)29-30-51(53)56/h1-35H. The summed E-state index contributed by atoms with van der Waals surface area (Å²) in [6.45, 7) is 0. The number of hydrogen-bond donors (Lipinski definition) is 0. The second-order valence-electron chi connectivity index (χ2n) is 15.2. The molecule has 3 nitrogen and oxygen atoms in total. The zero-order valence-electron chi connectivity index (χ0n) is 32.5. The molecule has 0 aliphatic rings. The summed E-state index contributed by atoms with van der Waals surface area (Å²) in [7, 11) is 0. The highest BCUT2D eigenvalue weighted by molar-refractivity contribution is 6.23. The molecule has 278 valence electrons. The van der Waals surface area contributed by atoms with E-state index in [-0.39, 0.29) is 0 Å². The van der Waals surface area contributed by atoms with Crippen molar-refractivity contribution in [2.75, 3.05) is 0 Å². The average molecular weight is 762 g/mol. The maximum atomic E-state index is 9.42. The van der Waals surface area contributed by atoms with Gasteiger partial charge in [0.25, 0.3) is 0 Å². The lowest BCUT2D eigenvalue weighted by Gasteiger charge is -2.18. The van der Waals surface area contributed by atoms with Crippen LogP contribution in [-0.4, -0.2) is 9.97 Å². The van der Waals surface area contributed by atoms with E-state index in [9.17, 15) is 5.26 Å². The van der Waals surface area contributed by atoms with Crippen molar-refractivity contribution in [1.29, 1.82) is 5.26 Å². The van der Waals surface area contributed by atoms with Crippen LogP contribution in [0, 0.1) is 11.3 Å². The van der Waals surface area contributed by atoms with E-state index in [1.165, 1.54) is 43.4 Å². The number of nitrogens with zero attached hydrogens (tertiary/aromatic N) is 3. The molecule has 11 rings (SSSR count). The lowest BCUT2D eigenvalue weighted by molar-refractivity contribution is 1.19. The van der Waals surface area contributed by atoms with Crippen molar-refractivity contribution >= 4 is 43.1 Å². The number of fused-ring (bicyclic) bond motifs is 5. The Kier molecular flexibility index (Phi) is 8.54. The highest BCUT2D eigenvalue weighted by Gasteiger charge is 2.19. The first kappa shape index (κ1) is 35.0. The van der Waals surface area contributed by atoms with E-state index in [0.717, 1.165) is 61.1 Å². The minimum Gasteiger partial charge on any atom is -0.228 e. The van der Waals surface area contributed by atoms with Crippen molar-refractivity contribution in [2.45, 2.75) is 0 Å². The number of hydrogen-bond acceptors (Lipinski definition) is 3. The molecule has 3 heteroatoms. The molecule has 0 saturated heterocycles. The van der Waals surface area contributed by atoms with Crippen molar-refractivity contribution < 1.29 is 0 Å². The summed E-state index contributed by atoms with van der Waals surface area (Å²) in [5, 5.41) is 19.0. The largest absolute Gasteiger partial charge is 0.228 e. The van der Waals surface area contributed by atoms with Gasteiger partial charge in [-0.05, 0) is 113 Å². The molecule has 0 aliphatic heterocycles. The number of rotatable bonds is 6. The van der Waals surface area contributed by atoms with Crippen LogP contribution in [0.3, 0.4) is 0 Å². The summed E-state index contributed by atoms with van der Waals surface area (Å²) in [6.07, 6.45) is 0. The van der Waals surface area contributed by atoms with Crippen LogP contribution >= 0.6 is 0 Å². The Morgan fingerprint density at radius 2 is 0.933 bits per heavy atom. The molecule has 1 heterocycles. The molecule has 11 aromatic rings. The molecule has 0 saturated carbocycles. The molecule has 0 bridgehead atoms. The van der Waals surface area contributed by atoms with E-state index in [1.54, 1.807) is 0 Å². The predicted molar refractivity (Wildman–Crippen MR) is 249 cm³/mol. The highest BCUT2D eigenvalue weighted by Crippen LogP contribution is 2.44. The normalized spacial score (nSPS) is 11.3. The maximum absolute atomic E-state index is 9.42. The van der Waals surface area contributed by atoms with Gasteiger partial charge in [-0.3, -0.25) is 0 Å². The van der Waals surface area contributed by atoms with Crippen LogP contribution in [0.1, 0.15) is 5.56 Å². The fourth-order valence-electron chi connectivity index (χ4n) is 8.85. The van der Waals surface area contributed by atoms with Gasteiger partial charge in [-0.2, -0.15) is 5.26 Å². The molecule has 10 aromatic carbocycles. The minimum absolute atomic E-state index is 0.637. The maximum Gasteiger partial charge on any atom is 0.161 e. The summed E-state index contributed by atoms with van der Waals surface area (Å²) >= 11 is 0. The van der Waals surface area contributed by atoms with Gasteiger partial charge in [0, 0.05) is 16.7 Å². The second kappa shape index (κ2) is 14.6. The SMILES string of the molecule is N#Cc1ccc(-c2cccc(-c3cc(-c4ccccc4-c4ccccc4)nc(-c4ccc(-c5c6ccccc6cc6c5ccc5ccccc56)c5ccccc45)n3)c2)cc1. The Bertz CT molecular complexity index is 3490. The number of nitriles is 1. The van der Waals surface area contributed by atoms with E-state index in [2.05, 4.69) is 188 Å². The molecule has 0 atom stereocenters. The fourth-order valence-corrected chi connectivity index (χ4v) is 8.85. The molecular formula is C57H35N3. The van der Waals surface area contributed by atoms with Gasteiger partial charge in [0.15, 0.2) is 5.82 Å². The van der Waals surface area contributed by atoms with Gasteiger partial charge in [-0.15, -0.1) is 0 Å². The Balaban J connectivity index is 1.15. The van der Waals surface area contributed by atoms with Gasteiger partial charge in [-0.1, -0.05) is 176 Å². The van der Waals surface area contributed by atoms with Crippen LogP contribution in [0.5, 0.6) is 0 Å². The van der Waals surface area contributed by atoms with E-state index in [1.807, 2.05) is 30.3 Å². The molecule has 0 spiro atoms. The number of aromatic nitrogens is 2. The average Bonchev–Trinajstić information content (AvgIpc) is 3.33. The van der Waals surface area contributed by atoms with Crippen molar-refractivity contribution in [3.05, 3.63) is 218 Å². The molecular weight excluding hydrogens is 727 g/mol. The van der Waals surface area contributed by atoms with Crippen LogP contribution < -0.4 is 0 Å². The molecule has 1 aromatic heterocycles. The van der Waals surface area contributed by atoms with E-state index in [4.69, 9.17) is 9.97 Å². The molecule has 0 fully saturated rings. The molecule has 0 amide bonds. The van der Waals surface area contributed by atoms with Crippen molar-refractivity contribution in [1.82, 2.24) is 9.97 Å². The zero-order valence-corrected chi connectivity index (χ0v) is 32.5. The lowest BCUT2D eigenvalue weighted by Crippen LogP contribution is -1.98. The monoisotopic (exact) mass is 761 g/mol. The summed E-state index contributed by atoms with van der Waals surface area (Å²) in [5.74, 6) is 0.658. The van der Waals surface area contributed by atoms with Gasteiger partial charge in [0.2, 0.25) is 0 Å². The van der Waals surface area contributed by atoms with Crippen LogP contribution in [0.15, 0.2) is 212 Å². The van der Waals surface area contributed by atoms with Gasteiger partial charge < -0.3 is 0 Å². The van der Waals surface area contributed by atoms with Gasteiger partial charge >= 0.3 is 0 Å². The first-order valence-electron chi connectivity index (χ1n) is 20.2.